The SMILES string of the molecule is Cc1ccc(S(=O)(=O)N(C)c2cncc(C(=O)NCCCN3CCOCC3)c2)cc1. The molecule has 1 amide bonds. The Labute approximate surface area is 177 Å². The van der Waals surface area contributed by atoms with E-state index in [1.165, 1.54) is 25.5 Å². The molecule has 1 aliphatic rings. The highest BCUT2D eigenvalue weighted by Crippen LogP contribution is 2.22. The van der Waals surface area contributed by atoms with Crippen LogP contribution in [0.5, 0.6) is 0 Å². The van der Waals surface area contributed by atoms with Crippen LogP contribution in [0, 0.1) is 6.92 Å². The molecule has 1 aliphatic heterocycles. The zero-order valence-corrected chi connectivity index (χ0v) is 18.2. The zero-order valence-electron chi connectivity index (χ0n) is 17.4. The number of carbonyl (C=O) groups is 1. The van der Waals surface area contributed by atoms with E-state index < -0.39 is 10.0 Å². The standard InChI is InChI=1S/C21H28N4O4S/c1-17-4-6-20(7-5-17)30(27,28)24(2)19-14-18(15-22-16-19)21(26)23-8-3-9-25-10-12-29-13-11-25/h4-7,14-16H,3,8-13H2,1-2H3,(H,23,26). The van der Waals surface area contributed by atoms with Gasteiger partial charge in [-0.15, -0.1) is 0 Å². The predicted octanol–water partition coefficient (Wildman–Crippen LogP) is 1.67. The van der Waals surface area contributed by atoms with Gasteiger partial charge in [-0.05, 0) is 38.1 Å². The van der Waals surface area contributed by atoms with Gasteiger partial charge in [0.2, 0.25) is 0 Å². The minimum Gasteiger partial charge on any atom is -0.379 e. The van der Waals surface area contributed by atoms with E-state index in [1.807, 2.05) is 6.92 Å². The molecule has 1 saturated heterocycles. The summed E-state index contributed by atoms with van der Waals surface area (Å²) in [5.41, 5.74) is 1.63. The number of aryl methyl sites for hydroxylation is 1. The molecule has 0 bridgehead atoms. The van der Waals surface area contributed by atoms with Crippen LogP contribution in [0.1, 0.15) is 22.3 Å². The fourth-order valence-electron chi connectivity index (χ4n) is 3.16. The highest BCUT2D eigenvalue weighted by Gasteiger charge is 2.22. The van der Waals surface area contributed by atoms with Crippen molar-refractivity contribution in [2.24, 2.45) is 0 Å². The van der Waals surface area contributed by atoms with Gasteiger partial charge in [-0.1, -0.05) is 17.7 Å². The number of amides is 1. The number of rotatable bonds is 8. The van der Waals surface area contributed by atoms with E-state index >= 15 is 0 Å². The maximum Gasteiger partial charge on any atom is 0.264 e. The van der Waals surface area contributed by atoms with Crippen LogP contribution in [0.4, 0.5) is 5.69 Å². The van der Waals surface area contributed by atoms with Gasteiger partial charge in [-0.25, -0.2) is 8.42 Å². The van der Waals surface area contributed by atoms with Crippen molar-refractivity contribution in [1.29, 1.82) is 0 Å². The lowest BCUT2D eigenvalue weighted by Crippen LogP contribution is -2.38. The van der Waals surface area contributed by atoms with E-state index in [-0.39, 0.29) is 10.8 Å². The lowest BCUT2D eigenvalue weighted by atomic mass is 10.2. The number of nitrogens with zero attached hydrogens (tertiary/aromatic N) is 3. The van der Waals surface area contributed by atoms with Crippen molar-refractivity contribution in [1.82, 2.24) is 15.2 Å². The van der Waals surface area contributed by atoms with E-state index in [0.29, 0.717) is 17.8 Å². The van der Waals surface area contributed by atoms with Gasteiger partial charge >= 0.3 is 0 Å². The van der Waals surface area contributed by atoms with Crippen molar-refractivity contribution >= 4 is 21.6 Å². The lowest BCUT2D eigenvalue weighted by Gasteiger charge is -2.26. The fourth-order valence-corrected chi connectivity index (χ4v) is 4.34. The highest BCUT2D eigenvalue weighted by atomic mass is 32.2. The van der Waals surface area contributed by atoms with Crippen molar-refractivity contribution in [2.45, 2.75) is 18.2 Å². The van der Waals surface area contributed by atoms with Crippen LogP contribution in [0.3, 0.4) is 0 Å². The van der Waals surface area contributed by atoms with Crippen LogP contribution in [-0.2, 0) is 14.8 Å². The Morgan fingerprint density at radius 3 is 2.60 bits per heavy atom. The van der Waals surface area contributed by atoms with Gasteiger partial charge in [0, 0.05) is 32.9 Å². The van der Waals surface area contributed by atoms with Crippen LogP contribution in [0.15, 0.2) is 47.6 Å². The molecule has 9 heteroatoms. The predicted molar refractivity (Wildman–Crippen MR) is 115 cm³/mol. The summed E-state index contributed by atoms with van der Waals surface area (Å²) >= 11 is 0. The van der Waals surface area contributed by atoms with Gasteiger partial charge in [0.25, 0.3) is 15.9 Å². The number of ether oxygens (including phenoxy) is 1. The molecule has 0 aliphatic carbocycles. The molecule has 30 heavy (non-hydrogen) atoms. The molecular weight excluding hydrogens is 404 g/mol. The molecule has 1 N–H and O–H groups in total. The van der Waals surface area contributed by atoms with Crippen LogP contribution in [0.2, 0.25) is 0 Å². The van der Waals surface area contributed by atoms with Gasteiger partial charge in [0.1, 0.15) is 0 Å². The molecule has 1 aromatic heterocycles. The molecule has 0 spiro atoms. The Morgan fingerprint density at radius 2 is 1.90 bits per heavy atom. The van der Waals surface area contributed by atoms with Crippen molar-refractivity contribution in [2.75, 3.05) is 50.7 Å². The Morgan fingerprint density at radius 1 is 1.20 bits per heavy atom. The topological polar surface area (TPSA) is 91.8 Å². The number of nitrogens with one attached hydrogen (secondary N) is 1. The number of anilines is 1. The van der Waals surface area contributed by atoms with Crippen LogP contribution in [0.25, 0.3) is 0 Å². The van der Waals surface area contributed by atoms with Crippen molar-refractivity contribution < 1.29 is 17.9 Å². The van der Waals surface area contributed by atoms with Gasteiger partial charge < -0.3 is 10.1 Å². The second kappa shape index (κ2) is 10.0. The van der Waals surface area contributed by atoms with E-state index in [4.69, 9.17) is 4.74 Å². The molecule has 3 rings (SSSR count). The third-order valence-corrected chi connectivity index (χ3v) is 6.87. The monoisotopic (exact) mass is 432 g/mol. The summed E-state index contributed by atoms with van der Waals surface area (Å²) in [6.45, 7) is 6.68. The number of aromatic nitrogens is 1. The third-order valence-electron chi connectivity index (χ3n) is 5.07. The first-order valence-electron chi connectivity index (χ1n) is 9.97. The quantitative estimate of drug-likeness (QED) is 0.638. The molecule has 1 fully saturated rings. The van der Waals surface area contributed by atoms with E-state index in [0.717, 1.165) is 49.1 Å². The van der Waals surface area contributed by atoms with Gasteiger partial charge in [-0.3, -0.25) is 19.0 Å². The van der Waals surface area contributed by atoms with Crippen molar-refractivity contribution in [3.63, 3.8) is 0 Å². The van der Waals surface area contributed by atoms with E-state index in [9.17, 15) is 13.2 Å². The third kappa shape index (κ3) is 5.56. The molecule has 0 atom stereocenters. The lowest BCUT2D eigenvalue weighted by molar-refractivity contribution is 0.0374. The Bertz CT molecular complexity index is 957. The molecule has 0 radical (unpaired) electrons. The molecule has 1 aromatic carbocycles. The summed E-state index contributed by atoms with van der Waals surface area (Å²) < 4.78 is 32.2. The van der Waals surface area contributed by atoms with Crippen LogP contribution in [-0.4, -0.2) is 70.6 Å². The number of pyridine rings is 1. The number of hydrogen-bond acceptors (Lipinski definition) is 6. The van der Waals surface area contributed by atoms with E-state index in [2.05, 4.69) is 15.2 Å². The first-order chi connectivity index (χ1) is 14.4. The van der Waals surface area contributed by atoms with Crippen molar-refractivity contribution in [3.05, 3.63) is 53.9 Å². The summed E-state index contributed by atoms with van der Waals surface area (Å²) in [6, 6.07) is 8.18. The molecule has 0 unspecified atom stereocenters. The first kappa shape index (κ1) is 22.2. The average Bonchev–Trinajstić information content (AvgIpc) is 2.77. The number of carbonyl (C=O) groups excluding carboxylic acids is 1. The summed E-state index contributed by atoms with van der Waals surface area (Å²) in [5, 5.41) is 2.88. The van der Waals surface area contributed by atoms with Crippen LogP contribution >= 0.6 is 0 Å². The Balaban J connectivity index is 1.60. The second-order valence-corrected chi connectivity index (χ2v) is 9.25. The zero-order chi connectivity index (χ0) is 21.6. The summed E-state index contributed by atoms with van der Waals surface area (Å²) in [6.07, 6.45) is 3.70. The number of benzene rings is 1. The largest absolute Gasteiger partial charge is 0.379 e. The molecule has 2 heterocycles. The van der Waals surface area contributed by atoms with Crippen molar-refractivity contribution in [3.8, 4) is 0 Å². The average molecular weight is 433 g/mol. The highest BCUT2D eigenvalue weighted by molar-refractivity contribution is 7.92. The fraction of sp³-hybridized carbons (Fsp3) is 0.429. The summed E-state index contributed by atoms with van der Waals surface area (Å²) in [5.74, 6) is -0.271. The maximum atomic E-state index is 12.9. The first-order valence-corrected chi connectivity index (χ1v) is 11.4. The molecule has 8 nitrogen and oxygen atoms in total. The number of hydrogen-bond donors (Lipinski definition) is 1. The molecule has 162 valence electrons. The van der Waals surface area contributed by atoms with Gasteiger partial charge in [0.05, 0.1) is 35.6 Å². The van der Waals surface area contributed by atoms with E-state index in [1.54, 1.807) is 24.3 Å². The van der Waals surface area contributed by atoms with Gasteiger partial charge in [-0.2, -0.15) is 0 Å². The second-order valence-electron chi connectivity index (χ2n) is 7.28. The molecule has 2 aromatic rings. The summed E-state index contributed by atoms with van der Waals surface area (Å²) in [4.78, 5) is 19.0. The van der Waals surface area contributed by atoms with Crippen LogP contribution < -0.4 is 9.62 Å². The number of morpholine rings is 1. The molecule has 0 saturated carbocycles. The summed E-state index contributed by atoms with van der Waals surface area (Å²) in [7, 11) is -2.28. The minimum atomic E-state index is -3.74. The molecular formula is C21H28N4O4S. The Hall–Kier alpha value is -2.49. The Kier molecular flexibility index (Phi) is 7.41. The smallest absolute Gasteiger partial charge is 0.264 e. The number of sulfonamides is 1. The van der Waals surface area contributed by atoms with Gasteiger partial charge in [0.15, 0.2) is 0 Å². The minimum absolute atomic E-state index is 0.188. The maximum absolute atomic E-state index is 12.9. The normalized spacial score (nSPS) is 15.0.